The van der Waals surface area contributed by atoms with Crippen molar-refractivity contribution in [3.05, 3.63) is 29.8 Å². The minimum absolute atomic E-state index is 0.0557. The van der Waals surface area contributed by atoms with E-state index >= 15 is 0 Å². The first-order chi connectivity index (χ1) is 9.63. The lowest BCUT2D eigenvalue weighted by atomic mass is 10.0. The molecule has 1 aliphatic rings. The second kappa shape index (κ2) is 6.71. The van der Waals surface area contributed by atoms with Crippen LogP contribution in [-0.2, 0) is 4.74 Å². The van der Waals surface area contributed by atoms with E-state index in [0.29, 0.717) is 31.9 Å². The highest BCUT2D eigenvalue weighted by Gasteiger charge is 2.32. The van der Waals surface area contributed by atoms with Crippen molar-refractivity contribution >= 4 is 0 Å². The standard InChI is InChI=1S/C15H20N2O3/c1-12(17-10-15(18)6-8-19-11-15)13-2-4-14(5-3-13)20-9-7-16/h2-5,12,17-18H,6,8-11H2,1H3. The first-order valence-electron chi connectivity index (χ1n) is 6.76. The number of nitrogens with zero attached hydrogens (tertiary/aromatic N) is 1. The Kier molecular flexibility index (Phi) is 4.96. The molecule has 0 radical (unpaired) electrons. The van der Waals surface area contributed by atoms with Crippen molar-refractivity contribution in [1.82, 2.24) is 5.32 Å². The normalized spacial score (nSPS) is 23.2. The van der Waals surface area contributed by atoms with E-state index in [1.165, 1.54) is 0 Å². The summed E-state index contributed by atoms with van der Waals surface area (Å²) < 4.78 is 10.4. The number of rotatable bonds is 6. The number of aliphatic hydroxyl groups is 1. The SMILES string of the molecule is CC(NCC1(O)CCOC1)c1ccc(OCC#N)cc1. The molecule has 5 nitrogen and oxygen atoms in total. The van der Waals surface area contributed by atoms with Crippen LogP contribution in [0.3, 0.4) is 0 Å². The molecular weight excluding hydrogens is 256 g/mol. The Balaban J connectivity index is 1.85. The van der Waals surface area contributed by atoms with Gasteiger partial charge in [0, 0.05) is 25.6 Å². The maximum Gasteiger partial charge on any atom is 0.174 e. The minimum atomic E-state index is -0.746. The highest BCUT2D eigenvalue weighted by Crippen LogP contribution is 2.21. The van der Waals surface area contributed by atoms with Crippen LogP contribution in [-0.4, -0.2) is 37.1 Å². The molecule has 0 aliphatic carbocycles. The van der Waals surface area contributed by atoms with E-state index < -0.39 is 5.60 Å². The fourth-order valence-electron chi connectivity index (χ4n) is 2.17. The summed E-state index contributed by atoms with van der Waals surface area (Å²) in [6, 6.07) is 9.67. The van der Waals surface area contributed by atoms with Gasteiger partial charge in [-0.05, 0) is 24.6 Å². The summed E-state index contributed by atoms with van der Waals surface area (Å²) in [4.78, 5) is 0. The highest BCUT2D eigenvalue weighted by molar-refractivity contribution is 5.29. The highest BCUT2D eigenvalue weighted by atomic mass is 16.5. The zero-order valence-corrected chi connectivity index (χ0v) is 11.6. The van der Waals surface area contributed by atoms with Crippen LogP contribution in [0.1, 0.15) is 24.9 Å². The van der Waals surface area contributed by atoms with Crippen LogP contribution in [0.5, 0.6) is 5.75 Å². The molecule has 1 aromatic rings. The predicted octanol–water partition coefficient (Wildman–Crippen LogP) is 1.39. The summed E-state index contributed by atoms with van der Waals surface area (Å²) in [5.74, 6) is 0.685. The van der Waals surface area contributed by atoms with Crippen molar-refractivity contribution < 1.29 is 14.6 Å². The van der Waals surface area contributed by atoms with Crippen molar-refractivity contribution in [3.8, 4) is 11.8 Å². The summed E-state index contributed by atoms with van der Waals surface area (Å²) in [5.41, 5.74) is 0.362. The molecule has 1 fully saturated rings. The van der Waals surface area contributed by atoms with Gasteiger partial charge in [0.1, 0.15) is 17.4 Å². The Morgan fingerprint density at radius 2 is 2.25 bits per heavy atom. The molecule has 2 N–H and O–H groups in total. The topological polar surface area (TPSA) is 74.5 Å². The maximum absolute atomic E-state index is 10.2. The van der Waals surface area contributed by atoms with E-state index in [0.717, 1.165) is 5.56 Å². The van der Waals surface area contributed by atoms with Crippen LogP contribution < -0.4 is 10.1 Å². The molecular formula is C15H20N2O3. The number of nitrogens with one attached hydrogen (secondary N) is 1. The van der Waals surface area contributed by atoms with Crippen LogP contribution in [0.25, 0.3) is 0 Å². The molecule has 20 heavy (non-hydrogen) atoms. The molecule has 1 heterocycles. The van der Waals surface area contributed by atoms with E-state index in [9.17, 15) is 5.11 Å². The van der Waals surface area contributed by atoms with E-state index in [1.807, 2.05) is 37.3 Å². The number of nitriles is 1. The van der Waals surface area contributed by atoms with Gasteiger partial charge in [-0.2, -0.15) is 5.26 Å². The van der Waals surface area contributed by atoms with Crippen LogP contribution >= 0.6 is 0 Å². The quantitative estimate of drug-likeness (QED) is 0.821. The zero-order chi connectivity index (χ0) is 14.4. The third-order valence-corrected chi connectivity index (χ3v) is 3.50. The second-order valence-corrected chi connectivity index (χ2v) is 5.15. The number of hydrogen-bond donors (Lipinski definition) is 2. The maximum atomic E-state index is 10.2. The first kappa shape index (κ1) is 14.8. The molecule has 108 valence electrons. The van der Waals surface area contributed by atoms with Crippen molar-refractivity contribution in [1.29, 1.82) is 5.26 Å². The third kappa shape index (κ3) is 3.94. The molecule has 0 bridgehead atoms. The van der Waals surface area contributed by atoms with E-state index in [4.69, 9.17) is 14.7 Å². The third-order valence-electron chi connectivity index (χ3n) is 3.50. The van der Waals surface area contributed by atoms with Crippen LogP contribution in [0, 0.1) is 11.3 Å². The van der Waals surface area contributed by atoms with Crippen molar-refractivity contribution in [2.24, 2.45) is 0 Å². The van der Waals surface area contributed by atoms with Gasteiger partial charge in [0.2, 0.25) is 0 Å². The van der Waals surface area contributed by atoms with Crippen molar-refractivity contribution in [2.45, 2.75) is 25.0 Å². The van der Waals surface area contributed by atoms with E-state index in [2.05, 4.69) is 5.32 Å². The molecule has 2 unspecified atom stereocenters. The van der Waals surface area contributed by atoms with Crippen LogP contribution in [0.2, 0.25) is 0 Å². The molecule has 5 heteroatoms. The summed E-state index contributed by atoms with van der Waals surface area (Å²) in [6.45, 7) is 3.64. The summed E-state index contributed by atoms with van der Waals surface area (Å²) in [6.07, 6.45) is 0.674. The monoisotopic (exact) mass is 276 g/mol. The van der Waals surface area contributed by atoms with Gasteiger partial charge in [-0.25, -0.2) is 0 Å². The van der Waals surface area contributed by atoms with Gasteiger partial charge in [0.25, 0.3) is 0 Å². The van der Waals surface area contributed by atoms with Crippen LogP contribution in [0.4, 0.5) is 0 Å². The van der Waals surface area contributed by atoms with Gasteiger partial charge in [0.05, 0.1) is 6.61 Å². The minimum Gasteiger partial charge on any atom is -0.479 e. The molecule has 0 aromatic heterocycles. The van der Waals surface area contributed by atoms with Gasteiger partial charge < -0.3 is 19.9 Å². The molecule has 2 atom stereocenters. The number of ether oxygens (including phenoxy) is 2. The molecule has 2 rings (SSSR count). The Bertz CT molecular complexity index is 461. The van der Waals surface area contributed by atoms with Gasteiger partial charge in [-0.3, -0.25) is 0 Å². The van der Waals surface area contributed by atoms with Gasteiger partial charge >= 0.3 is 0 Å². The molecule has 0 amide bonds. The van der Waals surface area contributed by atoms with E-state index in [1.54, 1.807) is 0 Å². The van der Waals surface area contributed by atoms with Gasteiger partial charge in [-0.15, -0.1) is 0 Å². The van der Waals surface area contributed by atoms with Crippen LogP contribution in [0.15, 0.2) is 24.3 Å². The molecule has 1 aliphatic heterocycles. The van der Waals surface area contributed by atoms with Crippen molar-refractivity contribution in [2.75, 3.05) is 26.4 Å². The fourth-order valence-corrected chi connectivity index (χ4v) is 2.17. The average Bonchev–Trinajstić information content (AvgIpc) is 2.90. The number of benzene rings is 1. The lowest BCUT2D eigenvalue weighted by molar-refractivity contribution is 0.0252. The summed E-state index contributed by atoms with van der Waals surface area (Å²) in [5, 5.41) is 22.0. The Labute approximate surface area is 119 Å². The summed E-state index contributed by atoms with van der Waals surface area (Å²) >= 11 is 0. The Morgan fingerprint density at radius 1 is 1.50 bits per heavy atom. The summed E-state index contributed by atoms with van der Waals surface area (Å²) in [7, 11) is 0. The van der Waals surface area contributed by atoms with Gasteiger partial charge in [-0.1, -0.05) is 12.1 Å². The fraction of sp³-hybridized carbons (Fsp3) is 0.533. The smallest absolute Gasteiger partial charge is 0.174 e. The molecule has 1 aromatic carbocycles. The molecule has 0 spiro atoms. The molecule has 0 saturated carbocycles. The molecule has 1 saturated heterocycles. The second-order valence-electron chi connectivity index (χ2n) is 5.15. The largest absolute Gasteiger partial charge is 0.479 e. The van der Waals surface area contributed by atoms with E-state index in [-0.39, 0.29) is 12.6 Å². The Hall–Kier alpha value is -1.61. The zero-order valence-electron chi connectivity index (χ0n) is 11.6. The average molecular weight is 276 g/mol. The number of hydrogen-bond acceptors (Lipinski definition) is 5. The first-order valence-corrected chi connectivity index (χ1v) is 6.76. The van der Waals surface area contributed by atoms with Gasteiger partial charge in [0.15, 0.2) is 6.61 Å². The lowest BCUT2D eigenvalue weighted by Crippen LogP contribution is -2.41. The Morgan fingerprint density at radius 3 is 2.85 bits per heavy atom. The predicted molar refractivity (Wildman–Crippen MR) is 74.4 cm³/mol. The lowest BCUT2D eigenvalue weighted by Gasteiger charge is -2.24. The van der Waals surface area contributed by atoms with Crippen molar-refractivity contribution in [3.63, 3.8) is 0 Å².